The average Bonchev–Trinajstić information content (AvgIpc) is 3.10. The fourth-order valence-electron chi connectivity index (χ4n) is 2.42. The van der Waals surface area contributed by atoms with Crippen LogP contribution in [0.15, 0.2) is 53.7 Å². The van der Waals surface area contributed by atoms with Crippen LogP contribution in [0.4, 0.5) is 0 Å². The van der Waals surface area contributed by atoms with Gasteiger partial charge < -0.3 is 10.1 Å². The zero-order valence-corrected chi connectivity index (χ0v) is 17.9. The number of benzene rings is 2. The second-order valence-corrected chi connectivity index (χ2v) is 7.46. The number of tetrazole rings is 1. The van der Waals surface area contributed by atoms with E-state index >= 15 is 0 Å². The Morgan fingerprint density at radius 1 is 1.14 bits per heavy atom. The molecule has 3 rings (SSSR count). The summed E-state index contributed by atoms with van der Waals surface area (Å²) in [6.45, 7) is 2.25. The summed E-state index contributed by atoms with van der Waals surface area (Å²) in [5.74, 6) is 1.82. The smallest absolute Gasteiger partial charge is 0.209 e. The van der Waals surface area contributed by atoms with Crippen LogP contribution in [-0.2, 0) is 20.2 Å². The van der Waals surface area contributed by atoms with Gasteiger partial charge in [-0.05, 0) is 47.2 Å². The topological polar surface area (TPSA) is 64.9 Å². The number of hydrogen-bond donors (Lipinski definition) is 1. The molecule has 0 saturated carbocycles. The van der Waals surface area contributed by atoms with Crippen LogP contribution in [0.2, 0.25) is 5.02 Å². The van der Waals surface area contributed by atoms with Crippen LogP contribution in [0, 0.1) is 0 Å². The molecule has 0 bridgehead atoms. The van der Waals surface area contributed by atoms with E-state index in [0.29, 0.717) is 6.61 Å². The molecule has 9 heteroatoms. The molecule has 0 fully saturated rings. The number of hydrogen-bond acceptors (Lipinski definition) is 6. The number of ether oxygens (including phenoxy) is 1. The van der Waals surface area contributed by atoms with Crippen molar-refractivity contribution < 1.29 is 4.74 Å². The van der Waals surface area contributed by atoms with Gasteiger partial charge in [-0.3, -0.25) is 0 Å². The first-order chi connectivity index (χ1) is 13.2. The summed E-state index contributed by atoms with van der Waals surface area (Å²) in [6.07, 6.45) is 1.05. The zero-order valence-electron chi connectivity index (χ0n) is 15.5. The van der Waals surface area contributed by atoms with Crippen molar-refractivity contribution in [2.75, 3.05) is 12.3 Å². The third kappa shape index (κ3) is 6.98. The fraction of sp³-hybridized carbons (Fsp3) is 0.316. The molecule has 28 heavy (non-hydrogen) atoms. The summed E-state index contributed by atoms with van der Waals surface area (Å²) in [5, 5.41) is 16.4. The van der Waals surface area contributed by atoms with Gasteiger partial charge in [0, 0.05) is 29.9 Å². The van der Waals surface area contributed by atoms with Crippen molar-refractivity contribution in [3.05, 3.63) is 64.7 Å². The maximum absolute atomic E-state index is 6.15. The van der Waals surface area contributed by atoms with E-state index in [4.69, 9.17) is 16.3 Å². The molecule has 0 spiro atoms. The normalized spacial score (nSPS) is 10.5. The summed E-state index contributed by atoms with van der Waals surface area (Å²) < 4.78 is 7.49. The van der Waals surface area contributed by atoms with Gasteiger partial charge >= 0.3 is 0 Å². The van der Waals surface area contributed by atoms with Crippen molar-refractivity contribution in [3.8, 4) is 5.75 Å². The van der Waals surface area contributed by atoms with E-state index in [2.05, 4.69) is 33.0 Å². The van der Waals surface area contributed by atoms with Crippen LogP contribution < -0.4 is 10.1 Å². The number of nitrogens with one attached hydrogen (secondary N) is 1. The predicted molar refractivity (Wildman–Crippen MR) is 115 cm³/mol. The SMILES string of the molecule is Cl.Cn1nnnc1SCCCNCc1ccc(OCc2ccccc2Cl)cc1. The minimum Gasteiger partial charge on any atom is -0.489 e. The molecule has 1 N–H and O–H groups in total. The molecule has 0 atom stereocenters. The van der Waals surface area contributed by atoms with Crippen molar-refractivity contribution in [2.45, 2.75) is 24.7 Å². The van der Waals surface area contributed by atoms with Crippen molar-refractivity contribution >= 4 is 35.8 Å². The molecule has 0 amide bonds. The molecule has 0 radical (unpaired) electrons. The molecule has 3 aromatic rings. The summed E-state index contributed by atoms with van der Waals surface area (Å²) in [5.41, 5.74) is 2.21. The fourth-order valence-corrected chi connectivity index (χ4v) is 3.40. The number of halogens is 2. The van der Waals surface area contributed by atoms with Gasteiger partial charge in [-0.25, -0.2) is 4.68 Å². The van der Waals surface area contributed by atoms with Crippen LogP contribution in [0.3, 0.4) is 0 Å². The summed E-state index contributed by atoms with van der Waals surface area (Å²) in [6, 6.07) is 15.9. The van der Waals surface area contributed by atoms with E-state index in [9.17, 15) is 0 Å². The number of aryl methyl sites for hydroxylation is 1. The first-order valence-corrected chi connectivity index (χ1v) is 10.1. The van der Waals surface area contributed by atoms with Crippen LogP contribution in [0.1, 0.15) is 17.5 Å². The first-order valence-electron chi connectivity index (χ1n) is 8.73. The first kappa shape index (κ1) is 22.5. The van der Waals surface area contributed by atoms with Crippen molar-refractivity contribution in [1.29, 1.82) is 0 Å². The van der Waals surface area contributed by atoms with E-state index in [0.717, 1.165) is 46.8 Å². The lowest BCUT2D eigenvalue weighted by molar-refractivity contribution is 0.306. The van der Waals surface area contributed by atoms with E-state index in [1.54, 1.807) is 16.4 Å². The minimum absolute atomic E-state index is 0. The quantitative estimate of drug-likeness (QED) is 0.378. The number of thioether (sulfide) groups is 1. The second-order valence-electron chi connectivity index (χ2n) is 5.99. The van der Waals surface area contributed by atoms with Gasteiger partial charge in [0.2, 0.25) is 5.16 Å². The van der Waals surface area contributed by atoms with Gasteiger partial charge in [0.1, 0.15) is 12.4 Å². The van der Waals surface area contributed by atoms with E-state index in [1.807, 2.05) is 43.4 Å². The Hall–Kier alpha value is -1.80. The highest BCUT2D eigenvalue weighted by Gasteiger charge is 2.03. The Bertz CT molecular complexity index is 844. The Labute approximate surface area is 180 Å². The van der Waals surface area contributed by atoms with Gasteiger partial charge in [-0.15, -0.1) is 17.5 Å². The molecule has 0 aliphatic rings. The maximum atomic E-state index is 6.15. The molecule has 0 aliphatic heterocycles. The molecule has 0 unspecified atom stereocenters. The summed E-state index contributed by atoms with van der Waals surface area (Å²) >= 11 is 7.81. The standard InChI is InChI=1S/C19H22ClN5OS.ClH/c1-25-19(22-23-24-25)27-12-4-11-21-13-15-7-9-17(10-8-15)26-14-16-5-2-3-6-18(16)20;/h2-3,5-10,21H,4,11-14H2,1H3;1H. The van der Waals surface area contributed by atoms with Gasteiger partial charge in [0.15, 0.2) is 0 Å². The molecule has 6 nitrogen and oxygen atoms in total. The lowest BCUT2D eigenvalue weighted by atomic mass is 10.2. The lowest BCUT2D eigenvalue weighted by Gasteiger charge is -2.09. The number of nitrogens with zero attached hydrogens (tertiary/aromatic N) is 4. The summed E-state index contributed by atoms with van der Waals surface area (Å²) in [7, 11) is 1.85. The highest BCUT2D eigenvalue weighted by molar-refractivity contribution is 7.99. The highest BCUT2D eigenvalue weighted by Crippen LogP contribution is 2.19. The Kier molecular flexibility index (Phi) is 9.57. The molecule has 0 aliphatic carbocycles. The van der Waals surface area contributed by atoms with Crippen LogP contribution in [-0.4, -0.2) is 32.5 Å². The third-order valence-electron chi connectivity index (χ3n) is 3.91. The van der Waals surface area contributed by atoms with Gasteiger partial charge in [-0.1, -0.05) is 53.7 Å². The average molecular weight is 440 g/mol. The monoisotopic (exact) mass is 439 g/mol. The maximum Gasteiger partial charge on any atom is 0.209 e. The molecular formula is C19H23Cl2N5OS. The Balaban J connectivity index is 0.00000280. The Morgan fingerprint density at radius 3 is 2.64 bits per heavy atom. The van der Waals surface area contributed by atoms with Crippen LogP contribution in [0.5, 0.6) is 5.75 Å². The van der Waals surface area contributed by atoms with Gasteiger partial charge in [-0.2, -0.15) is 0 Å². The summed E-state index contributed by atoms with van der Waals surface area (Å²) in [4.78, 5) is 0. The molecular weight excluding hydrogens is 417 g/mol. The van der Waals surface area contributed by atoms with Gasteiger partial charge in [0.25, 0.3) is 0 Å². The molecule has 0 saturated heterocycles. The molecule has 2 aromatic carbocycles. The number of aromatic nitrogens is 4. The van der Waals surface area contributed by atoms with Crippen molar-refractivity contribution in [1.82, 2.24) is 25.5 Å². The predicted octanol–water partition coefficient (Wildman–Crippen LogP) is 4.14. The second kappa shape index (κ2) is 11.9. The molecule has 150 valence electrons. The van der Waals surface area contributed by atoms with E-state index < -0.39 is 0 Å². The lowest BCUT2D eigenvalue weighted by Crippen LogP contribution is -2.15. The van der Waals surface area contributed by atoms with E-state index in [-0.39, 0.29) is 12.4 Å². The molecule has 1 aromatic heterocycles. The largest absolute Gasteiger partial charge is 0.489 e. The number of rotatable bonds is 10. The van der Waals surface area contributed by atoms with E-state index in [1.165, 1.54) is 5.56 Å². The Morgan fingerprint density at radius 2 is 1.93 bits per heavy atom. The van der Waals surface area contributed by atoms with Crippen LogP contribution in [0.25, 0.3) is 0 Å². The van der Waals surface area contributed by atoms with Crippen LogP contribution >= 0.6 is 35.8 Å². The molecule has 1 heterocycles. The third-order valence-corrected chi connectivity index (χ3v) is 5.38. The van der Waals surface area contributed by atoms with Crippen molar-refractivity contribution in [2.24, 2.45) is 7.05 Å². The zero-order chi connectivity index (χ0) is 18.9. The highest BCUT2D eigenvalue weighted by atomic mass is 35.5. The minimum atomic E-state index is 0. The van der Waals surface area contributed by atoms with Crippen molar-refractivity contribution in [3.63, 3.8) is 0 Å². The van der Waals surface area contributed by atoms with Gasteiger partial charge in [0.05, 0.1) is 0 Å².